The van der Waals surface area contributed by atoms with Gasteiger partial charge in [0.15, 0.2) is 27.1 Å². The Labute approximate surface area is 195 Å². The molecule has 11 heteroatoms. The van der Waals surface area contributed by atoms with Gasteiger partial charge >= 0.3 is 0 Å². The summed E-state index contributed by atoms with van der Waals surface area (Å²) in [6, 6.07) is 7.58. The highest BCUT2D eigenvalue weighted by atomic mass is 32.2. The average Bonchev–Trinajstić information content (AvgIpc) is 3.54. The molecule has 33 heavy (non-hydrogen) atoms. The van der Waals surface area contributed by atoms with Crippen molar-refractivity contribution >= 4 is 27.4 Å². The maximum atomic E-state index is 12.9. The molecule has 0 radical (unpaired) electrons. The molecule has 174 valence electrons. The van der Waals surface area contributed by atoms with Gasteiger partial charge in [0.1, 0.15) is 0 Å². The van der Waals surface area contributed by atoms with Crippen LogP contribution in [0.5, 0.6) is 11.5 Å². The monoisotopic (exact) mass is 489 g/mol. The highest BCUT2D eigenvalue weighted by Gasteiger charge is 2.29. The first kappa shape index (κ1) is 22.0. The number of benzene rings is 1. The summed E-state index contributed by atoms with van der Waals surface area (Å²) in [5.41, 5.74) is 3.31. The number of aromatic nitrogens is 3. The predicted octanol–water partition coefficient (Wildman–Crippen LogP) is 3.16. The molecule has 2 aliphatic rings. The topological polar surface area (TPSA) is 114 Å². The number of ketones is 1. The third-order valence-corrected chi connectivity index (χ3v) is 8.57. The Morgan fingerprint density at radius 3 is 2.79 bits per heavy atom. The molecule has 0 saturated carbocycles. The van der Waals surface area contributed by atoms with Crippen molar-refractivity contribution < 1.29 is 27.1 Å². The Kier molecular flexibility index (Phi) is 5.69. The SMILES string of the molecule is Cc1cc(C(=O)CSc2nnc(C[C@@H]3CCS(=O)(=O)C3)o2)c(C)n1-c1ccc2c(c1)OCO2. The van der Waals surface area contributed by atoms with E-state index < -0.39 is 9.84 Å². The third-order valence-electron chi connectivity index (χ3n) is 5.91. The summed E-state index contributed by atoms with van der Waals surface area (Å²) >= 11 is 1.18. The molecule has 5 rings (SSSR count). The summed E-state index contributed by atoms with van der Waals surface area (Å²) in [4.78, 5) is 12.9. The number of carbonyl (C=O) groups excluding carboxylic acids is 1. The van der Waals surface area contributed by atoms with Crippen LogP contribution >= 0.6 is 11.8 Å². The number of thioether (sulfide) groups is 1. The Hall–Kier alpha value is -2.79. The fraction of sp³-hybridized carbons (Fsp3) is 0.409. The van der Waals surface area contributed by atoms with E-state index in [4.69, 9.17) is 13.9 Å². The van der Waals surface area contributed by atoms with E-state index in [9.17, 15) is 13.2 Å². The van der Waals surface area contributed by atoms with Crippen LogP contribution in [0.2, 0.25) is 0 Å². The van der Waals surface area contributed by atoms with Gasteiger partial charge in [-0.2, -0.15) is 0 Å². The minimum atomic E-state index is -2.94. The molecule has 2 aliphatic heterocycles. The van der Waals surface area contributed by atoms with E-state index >= 15 is 0 Å². The van der Waals surface area contributed by atoms with E-state index in [1.807, 2.05) is 42.7 Å². The molecule has 0 amide bonds. The maximum Gasteiger partial charge on any atom is 0.277 e. The molecule has 1 fully saturated rings. The maximum absolute atomic E-state index is 12.9. The van der Waals surface area contributed by atoms with Crippen molar-refractivity contribution in [1.82, 2.24) is 14.8 Å². The second-order valence-corrected chi connectivity index (χ2v) is 11.5. The van der Waals surface area contributed by atoms with Crippen LogP contribution in [0, 0.1) is 19.8 Å². The quantitative estimate of drug-likeness (QED) is 0.365. The minimum absolute atomic E-state index is 0.0106. The van der Waals surface area contributed by atoms with E-state index in [-0.39, 0.29) is 35.8 Å². The van der Waals surface area contributed by atoms with Crippen LogP contribution in [0.4, 0.5) is 0 Å². The number of nitrogens with zero attached hydrogens (tertiary/aromatic N) is 3. The van der Waals surface area contributed by atoms with Gasteiger partial charge in [0, 0.05) is 35.1 Å². The lowest BCUT2D eigenvalue weighted by atomic mass is 10.1. The van der Waals surface area contributed by atoms with Gasteiger partial charge in [0.05, 0.1) is 17.3 Å². The normalized spacial score (nSPS) is 18.7. The molecule has 0 aliphatic carbocycles. The number of Topliss-reactive ketones (excluding diaryl/α,β-unsaturated/α-hetero) is 1. The number of fused-ring (bicyclic) bond motifs is 1. The van der Waals surface area contributed by atoms with Crippen LogP contribution in [0.1, 0.15) is 34.1 Å². The smallest absolute Gasteiger partial charge is 0.277 e. The van der Waals surface area contributed by atoms with Crippen molar-refractivity contribution in [2.75, 3.05) is 24.1 Å². The summed E-state index contributed by atoms with van der Waals surface area (Å²) in [7, 11) is -2.94. The molecule has 1 saturated heterocycles. The molecule has 0 bridgehead atoms. The van der Waals surface area contributed by atoms with Crippen LogP contribution in [-0.2, 0) is 16.3 Å². The molecule has 9 nitrogen and oxygen atoms in total. The van der Waals surface area contributed by atoms with Gasteiger partial charge in [-0.1, -0.05) is 11.8 Å². The number of rotatable bonds is 7. The van der Waals surface area contributed by atoms with Crippen molar-refractivity contribution in [3.05, 3.63) is 47.1 Å². The van der Waals surface area contributed by atoms with Crippen molar-refractivity contribution in [3.63, 3.8) is 0 Å². The zero-order valence-electron chi connectivity index (χ0n) is 18.2. The molecule has 1 aromatic carbocycles. The van der Waals surface area contributed by atoms with Crippen molar-refractivity contribution in [3.8, 4) is 17.2 Å². The standard InChI is InChI=1S/C22H23N3O6S2/c1-13-7-17(14(2)25(13)16-3-4-19-20(9-16)30-12-29-19)18(26)10-32-22-24-23-21(31-22)8-15-5-6-33(27,28)11-15/h3-4,7,9,15H,5-6,8,10-12H2,1-2H3/t15-/m0/s1. The summed E-state index contributed by atoms with van der Waals surface area (Å²) < 4.78 is 41.7. The predicted molar refractivity (Wildman–Crippen MR) is 121 cm³/mol. The van der Waals surface area contributed by atoms with Gasteiger partial charge in [-0.05, 0) is 44.4 Å². The van der Waals surface area contributed by atoms with Crippen LogP contribution in [0.15, 0.2) is 33.9 Å². The fourth-order valence-electron chi connectivity index (χ4n) is 4.33. The number of carbonyl (C=O) groups is 1. The van der Waals surface area contributed by atoms with Gasteiger partial charge in [0.2, 0.25) is 12.7 Å². The molecular weight excluding hydrogens is 466 g/mol. The van der Waals surface area contributed by atoms with Gasteiger partial charge in [-0.25, -0.2) is 8.42 Å². The van der Waals surface area contributed by atoms with Crippen LogP contribution in [0.3, 0.4) is 0 Å². The minimum Gasteiger partial charge on any atom is -0.454 e. The lowest BCUT2D eigenvalue weighted by Gasteiger charge is -2.10. The lowest BCUT2D eigenvalue weighted by molar-refractivity contribution is 0.102. The van der Waals surface area contributed by atoms with Crippen LogP contribution in [0.25, 0.3) is 5.69 Å². The highest BCUT2D eigenvalue weighted by molar-refractivity contribution is 7.99. The molecule has 2 aromatic heterocycles. The van der Waals surface area contributed by atoms with Gasteiger partial charge in [-0.3, -0.25) is 4.79 Å². The number of hydrogen-bond donors (Lipinski definition) is 0. The van der Waals surface area contributed by atoms with E-state index in [0.717, 1.165) is 17.1 Å². The third kappa shape index (κ3) is 4.51. The molecule has 4 heterocycles. The van der Waals surface area contributed by atoms with Crippen molar-refractivity contribution in [1.29, 1.82) is 0 Å². The van der Waals surface area contributed by atoms with E-state index in [1.165, 1.54) is 11.8 Å². The lowest BCUT2D eigenvalue weighted by Crippen LogP contribution is -2.07. The molecule has 0 unspecified atom stereocenters. The average molecular weight is 490 g/mol. The Morgan fingerprint density at radius 1 is 1.18 bits per heavy atom. The second kappa shape index (κ2) is 8.53. The van der Waals surface area contributed by atoms with Gasteiger partial charge in [-0.15, -0.1) is 10.2 Å². The molecular formula is C22H23N3O6S2. The summed E-state index contributed by atoms with van der Waals surface area (Å²) in [6.45, 7) is 4.07. The Balaban J connectivity index is 1.25. The van der Waals surface area contributed by atoms with E-state index in [2.05, 4.69) is 10.2 Å². The van der Waals surface area contributed by atoms with Crippen molar-refractivity contribution in [2.24, 2.45) is 5.92 Å². The number of aryl methyl sites for hydroxylation is 1. The fourth-order valence-corrected chi connectivity index (χ4v) is 6.86. The number of hydrogen-bond acceptors (Lipinski definition) is 9. The molecule has 3 aromatic rings. The summed E-state index contributed by atoms with van der Waals surface area (Å²) in [5.74, 6) is 2.31. The summed E-state index contributed by atoms with van der Waals surface area (Å²) in [6.07, 6.45) is 1.06. The van der Waals surface area contributed by atoms with Gasteiger partial charge < -0.3 is 18.5 Å². The van der Waals surface area contributed by atoms with Crippen LogP contribution < -0.4 is 9.47 Å². The van der Waals surface area contributed by atoms with Crippen LogP contribution in [-0.4, -0.2) is 53.0 Å². The van der Waals surface area contributed by atoms with Gasteiger partial charge in [0.25, 0.3) is 5.22 Å². The first-order valence-corrected chi connectivity index (χ1v) is 13.4. The largest absolute Gasteiger partial charge is 0.454 e. The summed E-state index contributed by atoms with van der Waals surface area (Å²) in [5, 5.41) is 8.32. The molecule has 0 spiro atoms. The zero-order valence-corrected chi connectivity index (χ0v) is 19.9. The van der Waals surface area contributed by atoms with E-state index in [1.54, 1.807) is 0 Å². The van der Waals surface area contributed by atoms with Crippen molar-refractivity contribution in [2.45, 2.75) is 31.9 Å². The number of ether oxygens (including phenoxy) is 2. The highest BCUT2D eigenvalue weighted by Crippen LogP contribution is 2.35. The molecule has 1 atom stereocenters. The Morgan fingerprint density at radius 2 is 2.00 bits per heavy atom. The second-order valence-electron chi connectivity index (χ2n) is 8.30. The number of sulfone groups is 1. The first-order chi connectivity index (χ1) is 15.8. The first-order valence-electron chi connectivity index (χ1n) is 10.6. The molecule has 0 N–H and O–H groups in total. The zero-order chi connectivity index (χ0) is 23.2. The van der Waals surface area contributed by atoms with E-state index in [0.29, 0.717) is 41.0 Å². The Bertz CT molecular complexity index is 1330.